The summed E-state index contributed by atoms with van der Waals surface area (Å²) < 4.78 is 0. The van der Waals surface area contributed by atoms with Gasteiger partial charge in [-0.25, -0.2) is 0 Å². The highest BCUT2D eigenvalue weighted by atomic mass is 16.2. The third-order valence-electron chi connectivity index (χ3n) is 5.56. The van der Waals surface area contributed by atoms with Gasteiger partial charge < -0.3 is 9.80 Å². The average Bonchev–Trinajstić information content (AvgIpc) is 3.15. The molecule has 0 N–H and O–H groups in total. The van der Waals surface area contributed by atoms with Crippen LogP contribution in [0.4, 0.5) is 0 Å². The number of rotatable bonds is 3. The molecule has 2 amide bonds. The van der Waals surface area contributed by atoms with Gasteiger partial charge >= 0.3 is 0 Å². The lowest BCUT2D eigenvalue weighted by atomic mass is 10.0. The zero-order chi connectivity index (χ0) is 16.2. The molecule has 5 nitrogen and oxygen atoms in total. The number of nitrogens with zero attached hydrogens (tertiary/aromatic N) is 3. The van der Waals surface area contributed by atoms with E-state index in [1.807, 2.05) is 16.7 Å². The zero-order valence-corrected chi connectivity index (χ0v) is 14.2. The summed E-state index contributed by atoms with van der Waals surface area (Å²) >= 11 is 0. The number of piperidine rings is 1. The monoisotopic (exact) mass is 319 g/mol. The van der Waals surface area contributed by atoms with Gasteiger partial charge in [-0.2, -0.15) is 0 Å². The number of allylic oxidation sites excluding steroid dienone is 2. The molecule has 23 heavy (non-hydrogen) atoms. The van der Waals surface area contributed by atoms with E-state index in [1.54, 1.807) is 0 Å². The average molecular weight is 319 g/mol. The van der Waals surface area contributed by atoms with Crippen molar-refractivity contribution in [1.29, 1.82) is 0 Å². The molecule has 1 aliphatic carbocycles. The van der Waals surface area contributed by atoms with E-state index < -0.39 is 0 Å². The van der Waals surface area contributed by atoms with E-state index in [0.29, 0.717) is 5.91 Å². The number of hydrogen-bond acceptors (Lipinski definition) is 3. The lowest BCUT2D eigenvalue weighted by molar-refractivity contribution is -0.140. The summed E-state index contributed by atoms with van der Waals surface area (Å²) in [5.41, 5.74) is 0. The molecule has 0 aromatic carbocycles. The molecule has 1 unspecified atom stereocenters. The highest BCUT2D eigenvalue weighted by Crippen LogP contribution is 2.21. The molecular weight excluding hydrogens is 290 g/mol. The maximum absolute atomic E-state index is 12.6. The Hall–Kier alpha value is -1.36. The number of carbonyl (C=O) groups is 2. The maximum Gasteiger partial charge on any atom is 0.239 e. The normalized spacial score (nSPS) is 24.9. The van der Waals surface area contributed by atoms with Crippen molar-refractivity contribution in [3.05, 3.63) is 12.2 Å². The van der Waals surface area contributed by atoms with E-state index in [2.05, 4.69) is 17.1 Å². The number of likely N-dealkylation sites (tertiary alicyclic amines) is 1. The number of piperazine rings is 1. The Kier molecular flexibility index (Phi) is 5.36. The Labute approximate surface area is 139 Å². The van der Waals surface area contributed by atoms with Crippen molar-refractivity contribution < 1.29 is 9.59 Å². The Morgan fingerprint density at radius 1 is 0.870 bits per heavy atom. The van der Waals surface area contributed by atoms with Gasteiger partial charge in [0, 0.05) is 45.2 Å². The molecule has 2 saturated heterocycles. The lowest BCUT2D eigenvalue weighted by Gasteiger charge is -2.40. The third-order valence-corrected chi connectivity index (χ3v) is 5.56. The van der Waals surface area contributed by atoms with Crippen LogP contribution in [0.25, 0.3) is 0 Å². The van der Waals surface area contributed by atoms with Gasteiger partial charge in [0.25, 0.3) is 0 Å². The summed E-state index contributed by atoms with van der Waals surface area (Å²) in [6, 6.07) is -0.0569. The van der Waals surface area contributed by atoms with Gasteiger partial charge in [-0.05, 0) is 39.0 Å². The fourth-order valence-electron chi connectivity index (χ4n) is 3.94. The SMILES string of the molecule is CC(C(=O)N1CCCCC1)N1CCN(C(=O)C2CC=CC2)CC1. The van der Waals surface area contributed by atoms with Crippen molar-refractivity contribution in [3.8, 4) is 0 Å². The molecular formula is C18H29N3O2. The summed E-state index contributed by atoms with van der Waals surface area (Å²) in [5.74, 6) is 0.725. The fraction of sp³-hybridized carbons (Fsp3) is 0.778. The van der Waals surface area contributed by atoms with Crippen molar-refractivity contribution in [2.75, 3.05) is 39.3 Å². The van der Waals surface area contributed by atoms with Crippen LogP contribution in [0, 0.1) is 5.92 Å². The second kappa shape index (κ2) is 7.47. The largest absolute Gasteiger partial charge is 0.341 e. The Balaban J connectivity index is 1.47. The van der Waals surface area contributed by atoms with Crippen LogP contribution < -0.4 is 0 Å². The first-order chi connectivity index (χ1) is 11.2. The van der Waals surface area contributed by atoms with Gasteiger partial charge in [0.1, 0.15) is 0 Å². The first kappa shape index (κ1) is 16.5. The summed E-state index contributed by atoms with van der Waals surface area (Å²) in [5, 5.41) is 0. The van der Waals surface area contributed by atoms with Gasteiger partial charge in [0.15, 0.2) is 0 Å². The summed E-state index contributed by atoms with van der Waals surface area (Å²) in [6.07, 6.45) is 9.52. The third kappa shape index (κ3) is 3.77. The zero-order valence-electron chi connectivity index (χ0n) is 14.2. The van der Waals surface area contributed by atoms with Gasteiger partial charge in [-0.3, -0.25) is 14.5 Å². The highest BCUT2D eigenvalue weighted by molar-refractivity contribution is 5.82. The first-order valence-corrected chi connectivity index (χ1v) is 9.13. The van der Waals surface area contributed by atoms with Crippen molar-refractivity contribution in [2.45, 2.75) is 45.1 Å². The molecule has 3 rings (SSSR count). The van der Waals surface area contributed by atoms with Crippen molar-refractivity contribution in [2.24, 2.45) is 5.92 Å². The minimum atomic E-state index is -0.0569. The van der Waals surface area contributed by atoms with Crippen LogP contribution in [0.5, 0.6) is 0 Å². The highest BCUT2D eigenvalue weighted by Gasteiger charge is 2.32. The molecule has 0 radical (unpaired) electrons. The van der Waals surface area contributed by atoms with E-state index in [-0.39, 0.29) is 17.9 Å². The van der Waals surface area contributed by atoms with Gasteiger partial charge in [0.2, 0.25) is 11.8 Å². The molecule has 3 aliphatic rings. The quantitative estimate of drug-likeness (QED) is 0.741. The smallest absolute Gasteiger partial charge is 0.239 e. The molecule has 0 aromatic heterocycles. The molecule has 128 valence electrons. The Morgan fingerprint density at radius 3 is 2.09 bits per heavy atom. The van der Waals surface area contributed by atoms with Crippen LogP contribution in [0.2, 0.25) is 0 Å². The molecule has 0 spiro atoms. The fourth-order valence-corrected chi connectivity index (χ4v) is 3.94. The predicted molar refractivity (Wildman–Crippen MR) is 89.9 cm³/mol. The van der Waals surface area contributed by atoms with Gasteiger partial charge in [-0.15, -0.1) is 0 Å². The van der Waals surface area contributed by atoms with E-state index in [1.165, 1.54) is 6.42 Å². The maximum atomic E-state index is 12.6. The van der Waals surface area contributed by atoms with Crippen LogP contribution in [-0.4, -0.2) is 71.8 Å². The van der Waals surface area contributed by atoms with Gasteiger partial charge in [0.05, 0.1) is 6.04 Å². The predicted octanol–water partition coefficient (Wildman–Crippen LogP) is 1.50. The number of amides is 2. The number of carbonyl (C=O) groups excluding carboxylic acids is 2. The second-order valence-electron chi connectivity index (χ2n) is 7.06. The molecule has 2 aliphatic heterocycles. The molecule has 1 atom stereocenters. The molecule has 5 heteroatoms. The minimum Gasteiger partial charge on any atom is -0.341 e. The van der Waals surface area contributed by atoms with E-state index in [9.17, 15) is 9.59 Å². The molecule has 0 saturated carbocycles. The number of hydrogen-bond donors (Lipinski definition) is 0. The van der Waals surface area contributed by atoms with E-state index >= 15 is 0 Å². The van der Waals surface area contributed by atoms with Crippen molar-refractivity contribution >= 4 is 11.8 Å². The van der Waals surface area contributed by atoms with Crippen molar-refractivity contribution in [3.63, 3.8) is 0 Å². The van der Waals surface area contributed by atoms with Crippen LogP contribution in [0.3, 0.4) is 0 Å². The van der Waals surface area contributed by atoms with Crippen LogP contribution in [0.1, 0.15) is 39.0 Å². The Bertz CT molecular complexity index is 455. The second-order valence-corrected chi connectivity index (χ2v) is 7.06. The van der Waals surface area contributed by atoms with Crippen LogP contribution >= 0.6 is 0 Å². The molecule has 0 bridgehead atoms. The summed E-state index contributed by atoms with van der Waals surface area (Å²) in [6.45, 7) is 6.99. The lowest BCUT2D eigenvalue weighted by Crippen LogP contribution is -2.56. The van der Waals surface area contributed by atoms with E-state index in [0.717, 1.165) is 65.0 Å². The Morgan fingerprint density at radius 2 is 1.48 bits per heavy atom. The molecule has 2 heterocycles. The minimum absolute atomic E-state index is 0.0569. The standard InChI is InChI=1S/C18H29N3O2/c1-15(17(22)20-9-5-2-6-10-20)19-11-13-21(14-12-19)18(23)16-7-3-4-8-16/h3-4,15-16H,2,5-14H2,1H3. The van der Waals surface area contributed by atoms with Crippen LogP contribution in [0.15, 0.2) is 12.2 Å². The van der Waals surface area contributed by atoms with Crippen LogP contribution in [-0.2, 0) is 9.59 Å². The molecule has 2 fully saturated rings. The van der Waals surface area contributed by atoms with Gasteiger partial charge in [-0.1, -0.05) is 12.2 Å². The van der Waals surface area contributed by atoms with Crippen molar-refractivity contribution in [1.82, 2.24) is 14.7 Å². The van der Waals surface area contributed by atoms with E-state index in [4.69, 9.17) is 0 Å². The summed E-state index contributed by atoms with van der Waals surface area (Å²) in [4.78, 5) is 31.3. The summed E-state index contributed by atoms with van der Waals surface area (Å²) in [7, 11) is 0. The topological polar surface area (TPSA) is 43.9 Å². The first-order valence-electron chi connectivity index (χ1n) is 9.13. The molecule has 0 aromatic rings.